The third-order valence-corrected chi connectivity index (χ3v) is 4.65. The van der Waals surface area contributed by atoms with Crippen molar-refractivity contribution in [2.75, 3.05) is 5.32 Å². The van der Waals surface area contributed by atoms with Gasteiger partial charge in [0.15, 0.2) is 0 Å². The maximum atomic E-state index is 12.5. The van der Waals surface area contributed by atoms with Crippen LogP contribution < -0.4 is 10.6 Å². The fourth-order valence-corrected chi connectivity index (χ4v) is 3.20. The molecule has 1 aromatic carbocycles. The summed E-state index contributed by atoms with van der Waals surface area (Å²) in [5.74, 6) is 0.347. The van der Waals surface area contributed by atoms with Gasteiger partial charge in [-0.1, -0.05) is 38.3 Å². The van der Waals surface area contributed by atoms with Crippen molar-refractivity contribution in [3.8, 4) is 0 Å². The molecule has 5 nitrogen and oxygen atoms in total. The summed E-state index contributed by atoms with van der Waals surface area (Å²) in [7, 11) is 0. The predicted molar refractivity (Wildman–Crippen MR) is 100 cm³/mol. The highest BCUT2D eigenvalue weighted by atomic mass is 16.1. The van der Waals surface area contributed by atoms with E-state index in [1.54, 1.807) is 6.07 Å². The Morgan fingerprint density at radius 1 is 1.12 bits per heavy atom. The number of nitrogens with zero attached hydrogens (tertiary/aromatic N) is 2. The monoisotopic (exact) mass is 338 g/mol. The average Bonchev–Trinajstić information content (AvgIpc) is 2.63. The van der Waals surface area contributed by atoms with Gasteiger partial charge in [-0.25, -0.2) is 9.97 Å². The van der Waals surface area contributed by atoms with Crippen LogP contribution in [0.2, 0.25) is 0 Å². The molecule has 1 amide bonds. The second-order valence-electron chi connectivity index (χ2n) is 6.70. The topological polar surface area (TPSA) is 66.9 Å². The van der Waals surface area contributed by atoms with Gasteiger partial charge in [0.25, 0.3) is 5.91 Å². The minimum absolute atomic E-state index is 0.109. The van der Waals surface area contributed by atoms with Gasteiger partial charge in [-0.05, 0) is 49.9 Å². The number of carbonyl (C=O) groups excluding carboxylic acids is 1. The highest BCUT2D eigenvalue weighted by Crippen LogP contribution is 2.19. The molecule has 0 bridgehead atoms. The lowest BCUT2D eigenvalue weighted by Crippen LogP contribution is -2.36. The first-order chi connectivity index (χ1) is 12.1. The van der Waals surface area contributed by atoms with Crippen LogP contribution in [0.3, 0.4) is 0 Å². The van der Waals surface area contributed by atoms with Gasteiger partial charge in [0, 0.05) is 17.4 Å². The van der Waals surface area contributed by atoms with E-state index in [4.69, 9.17) is 0 Å². The highest BCUT2D eigenvalue weighted by molar-refractivity contribution is 5.92. The summed E-state index contributed by atoms with van der Waals surface area (Å²) in [4.78, 5) is 21.3. The molecule has 0 unspecified atom stereocenters. The van der Waals surface area contributed by atoms with Crippen LogP contribution in [-0.2, 0) is 6.42 Å². The van der Waals surface area contributed by atoms with Gasteiger partial charge >= 0.3 is 0 Å². The van der Waals surface area contributed by atoms with Crippen molar-refractivity contribution in [3.05, 3.63) is 47.3 Å². The Balaban J connectivity index is 1.71. The molecular formula is C20H26N4O. The van der Waals surface area contributed by atoms with E-state index in [0.29, 0.717) is 11.6 Å². The zero-order chi connectivity index (χ0) is 17.6. The van der Waals surface area contributed by atoms with E-state index in [-0.39, 0.29) is 11.9 Å². The van der Waals surface area contributed by atoms with Gasteiger partial charge < -0.3 is 10.6 Å². The van der Waals surface area contributed by atoms with E-state index in [9.17, 15) is 4.79 Å². The molecule has 5 heteroatoms. The van der Waals surface area contributed by atoms with Gasteiger partial charge in [0.1, 0.15) is 5.69 Å². The third-order valence-electron chi connectivity index (χ3n) is 4.65. The Hall–Kier alpha value is -2.43. The Labute approximate surface area is 149 Å². The Morgan fingerprint density at radius 3 is 2.52 bits per heavy atom. The molecule has 1 aliphatic rings. The number of carbonyl (C=O) groups is 1. The van der Waals surface area contributed by atoms with E-state index >= 15 is 0 Å². The summed E-state index contributed by atoms with van der Waals surface area (Å²) in [5.41, 5.74) is 3.40. The molecule has 3 rings (SSSR count). The van der Waals surface area contributed by atoms with Crippen molar-refractivity contribution < 1.29 is 4.79 Å². The SMILES string of the molecule is CCc1ccc(Nc2nc(C)cc(C(=O)NC3CCCCC3)n2)cc1. The van der Waals surface area contributed by atoms with Gasteiger partial charge in [0.2, 0.25) is 5.95 Å². The molecule has 2 N–H and O–H groups in total. The van der Waals surface area contributed by atoms with Crippen LogP contribution in [0, 0.1) is 6.92 Å². The Morgan fingerprint density at radius 2 is 1.84 bits per heavy atom. The van der Waals surface area contributed by atoms with E-state index in [1.165, 1.54) is 24.8 Å². The normalized spacial score (nSPS) is 15.0. The standard InChI is InChI=1S/C20H26N4O/c1-3-15-9-11-17(12-10-15)23-20-21-14(2)13-18(24-20)19(25)22-16-7-5-4-6-8-16/h9-13,16H,3-8H2,1-2H3,(H,22,25)(H,21,23,24). The predicted octanol–water partition coefficient (Wildman–Crippen LogP) is 4.15. The minimum Gasteiger partial charge on any atom is -0.348 e. The Kier molecular flexibility index (Phi) is 5.64. The van der Waals surface area contributed by atoms with Gasteiger partial charge in [0.05, 0.1) is 0 Å². The van der Waals surface area contributed by atoms with Crippen LogP contribution in [0.5, 0.6) is 0 Å². The largest absolute Gasteiger partial charge is 0.348 e. The van der Waals surface area contributed by atoms with Gasteiger partial charge in [-0.2, -0.15) is 0 Å². The molecule has 132 valence electrons. The zero-order valence-corrected chi connectivity index (χ0v) is 15.0. The number of rotatable bonds is 5. The second-order valence-corrected chi connectivity index (χ2v) is 6.70. The van der Waals surface area contributed by atoms with Crippen molar-refractivity contribution in [1.29, 1.82) is 0 Å². The first-order valence-electron chi connectivity index (χ1n) is 9.16. The molecule has 1 aliphatic carbocycles. The number of aryl methyl sites for hydroxylation is 2. The number of amides is 1. The van der Waals surface area contributed by atoms with E-state index in [1.807, 2.05) is 19.1 Å². The molecule has 1 heterocycles. The zero-order valence-electron chi connectivity index (χ0n) is 15.0. The molecule has 1 saturated carbocycles. The Bertz CT molecular complexity index is 721. The fourth-order valence-electron chi connectivity index (χ4n) is 3.20. The summed E-state index contributed by atoms with van der Waals surface area (Å²) in [6, 6.07) is 10.2. The molecule has 1 fully saturated rings. The third kappa shape index (κ3) is 4.78. The lowest BCUT2D eigenvalue weighted by atomic mass is 9.95. The van der Waals surface area contributed by atoms with Crippen molar-refractivity contribution in [1.82, 2.24) is 15.3 Å². The number of hydrogen-bond donors (Lipinski definition) is 2. The first-order valence-corrected chi connectivity index (χ1v) is 9.16. The molecule has 25 heavy (non-hydrogen) atoms. The van der Waals surface area contributed by atoms with Crippen molar-refractivity contribution in [2.24, 2.45) is 0 Å². The van der Waals surface area contributed by atoms with E-state index in [0.717, 1.165) is 30.6 Å². The maximum Gasteiger partial charge on any atom is 0.270 e. The highest BCUT2D eigenvalue weighted by Gasteiger charge is 2.18. The first kappa shape index (κ1) is 17.4. The van der Waals surface area contributed by atoms with Crippen molar-refractivity contribution in [3.63, 3.8) is 0 Å². The van der Waals surface area contributed by atoms with Crippen LogP contribution in [-0.4, -0.2) is 21.9 Å². The molecule has 2 aromatic rings. The van der Waals surface area contributed by atoms with Crippen molar-refractivity contribution >= 4 is 17.5 Å². The summed E-state index contributed by atoms with van der Waals surface area (Å²) in [6.45, 7) is 4.01. The van der Waals surface area contributed by atoms with E-state index < -0.39 is 0 Å². The van der Waals surface area contributed by atoms with Crippen LogP contribution >= 0.6 is 0 Å². The van der Waals surface area contributed by atoms with E-state index in [2.05, 4.69) is 39.7 Å². The summed E-state index contributed by atoms with van der Waals surface area (Å²) >= 11 is 0. The minimum atomic E-state index is -0.109. The number of aromatic nitrogens is 2. The quantitative estimate of drug-likeness (QED) is 0.859. The number of nitrogens with one attached hydrogen (secondary N) is 2. The number of anilines is 2. The molecular weight excluding hydrogens is 312 g/mol. The van der Waals surface area contributed by atoms with Crippen LogP contribution in [0.15, 0.2) is 30.3 Å². The van der Waals surface area contributed by atoms with Crippen LogP contribution in [0.4, 0.5) is 11.6 Å². The number of benzene rings is 1. The number of hydrogen-bond acceptors (Lipinski definition) is 4. The summed E-state index contributed by atoms with van der Waals surface area (Å²) in [6.07, 6.45) is 6.77. The van der Waals surface area contributed by atoms with Crippen LogP contribution in [0.1, 0.15) is 60.8 Å². The molecule has 0 aliphatic heterocycles. The lowest BCUT2D eigenvalue weighted by Gasteiger charge is -2.22. The van der Waals surface area contributed by atoms with Crippen LogP contribution in [0.25, 0.3) is 0 Å². The second kappa shape index (κ2) is 8.10. The molecule has 0 saturated heterocycles. The van der Waals surface area contributed by atoms with Crippen molar-refractivity contribution in [2.45, 2.75) is 58.4 Å². The smallest absolute Gasteiger partial charge is 0.270 e. The molecule has 1 aromatic heterocycles. The summed E-state index contributed by atoms with van der Waals surface area (Å²) in [5, 5.41) is 6.30. The summed E-state index contributed by atoms with van der Waals surface area (Å²) < 4.78 is 0. The molecule has 0 atom stereocenters. The lowest BCUT2D eigenvalue weighted by molar-refractivity contribution is 0.0922. The fraction of sp³-hybridized carbons (Fsp3) is 0.450. The van der Waals surface area contributed by atoms with Gasteiger partial charge in [-0.3, -0.25) is 4.79 Å². The average molecular weight is 338 g/mol. The van der Waals surface area contributed by atoms with Gasteiger partial charge in [-0.15, -0.1) is 0 Å². The maximum absolute atomic E-state index is 12.5. The molecule has 0 radical (unpaired) electrons. The molecule has 0 spiro atoms.